The number of carbonyl (C=O) groups is 2. The Bertz CT molecular complexity index is 509. The van der Waals surface area contributed by atoms with Crippen LogP contribution in [0.2, 0.25) is 0 Å². The van der Waals surface area contributed by atoms with E-state index in [-0.39, 0.29) is 11.9 Å². The maximum absolute atomic E-state index is 11.9. The normalized spacial score (nSPS) is 10.4. The zero-order valence-corrected chi connectivity index (χ0v) is 18.6. The molecule has 1 aromatic rings. The quantitative estimate of drug-likeness (QED) is 0.175. The number of benzene rings is 1. The molecule has 4 nitrogen and oxygen atoms in total. The number of esters is 2. The van der Waals surface area contributed by atoms with Gasteiger partial charge in [-0.05, 0) is 99.2 Å². The van der Waals surface area contributed by atoms with Crippen LogP contribution in [0.25, 0.3) is 0 Å². The SMILES string of the molecule is CCCOC(=O)CCCCC(=O)Oc1c(I)cc(I)cc1I. The molecule has 0 aromatic heterocycles. The summed E-state index contributed by atoms with van der Waals surface area (Å²) in [6.45, 7) is 2.42. The molecule has 0 bridgehead atoms. The molecular weight excluding hydrogens is 625 g/mol. The van der Waals surface area contributed by atoms with Crippen molar-refractivity contribution in [2.75, 3.05) is 6.61 Å². The molecule has 0 atom stereocenters. The molecule has 7 heteroatoms. The van der Waals surface area contributed by atoms with Crippen molar-refractivity contribution in [2.45, 2.75) is 39.0 Å². The summed E-state index contributed by atoms with van der Waals surface area (Å²) in [5, 5.41) is 0. The maximum Gasteiger partial charge on any atom is 0.311 e. The van der Waals surface area contributed by atoms with Crippen LogP contribution >= 0.6 is 67.8 Å². The molecule has 0 amide bonds. The molecule has 0 saturated carbocycles. The molecule has 0 aliphatic carbocycles. The maximum atomic E-state index is 11.9. The minimum absolute atomic E-state index is 0.197. The van der Waals surface area contributed by atoms with Gasteiger partial charge in [-0.25, -0.2) is 0 Å². The van der Waals surface area contributed by atoms with E-state index in [1.165, 1.54) is 0 Å². The first-order valence-electron chi connectivity index (χ1n) is 6.95. The summed E-state index contributed by atoms with van der Waals surface area (Å²) in [5.74, 6) is 0.157. The second kappa shape index (κ2) is 11.0. The Morgan fingerprint density at radius 1 is 1.00 bits per heavy atom. The third kappa shape index (κ3) is 7.75. The second-order valence-corrected chi connectivity index (χ2v) is 8.17. The van der Waals surface area contributed by atoms with Gasteiger partial charge in [0.15, 0.2) is 5.75 Å². The monoisotopic (exact) mass is 642 g/mol. The lowest BCUT2D eigenvalue weighted by Gasteiger charge is -2.09. The highest BCUT2D eigenvalue weighted by Gasteiger charge is 2.13. The second-order valence-electron chi connectivity index (χ2n) is 4.60. The molecule has 0 aliphatic heterocycles. The molecule has 1 rings (SSSR count). The van der Waals surface area contributed by atoms with Crippen molar-refractivity contribution in [3.05, 3.63) is 22.8 Å². The first-order chi connectivity index (χ1) is 10.4. The molecule has 0 N–H and O–H groups in total. The summed E-state index contributed by atoms with van der Waals surface area (Å²) >= 11 is 6.56. The molecule has 0 spiro atoms. The fraction of sp³-hybridized carbons (Fsp3) is 0.467. The van der Waals surface area contributed by atoms with Gasteiger partial charge in [-0.15, -0.1) is 0 Å². The number of rotatable bonds is 8. The van der Waals surface area contributed by atoms with Crippen LogP contribution in [0.1, 0.15) is 39.0 Å². The van der Waals surface area contributed by atoms with Gasteiger partial charge < -0.3 is 9.47 Å². The van der Waals surface area contributed by atoms with Crippen LogP contribution in [0, 0.1) is 10.7 Å². The van der Waals surface area contributed by atoms with Crippen LogP contribution in [0.3, 0.4) is 0 Å². The molecule has 0 aliphatic rings. The van der Waals surface area contributed by atoms with Crippen LogP contribution in [-0.4, -0.2) is 18.5 Å². The highest BCUT2D eigenvalue weighted by atomic mass is 127. The van der Waals surface area contributed by atoms with E-state index in [9.17, 15) is 9.59 Å². The summed E-state index contributed by atoms with van der Waals surface area (Å²) in [4.78, 5) is 23.2. The van der Waals surface area contributed by atoms with Gasteiger partial charge in [0, 0.05) is 16.4 Å². The number of hydrogen-bond donors (Lipinski definition) is 0. The van der Waals surface area contributed by atoms with Crippen LogP contribution in [0.15, 0.2) is 12.1 Å². The zero-order valence-electron chi connectivity index (χ0n) is 12.2. The van der Waals surface area contributed by atoms with E-state index in [1.807, 2.05) is 19.1 Å². The summed E-state index contributed by atoms with van der Waals surface area (Å²) in [7, 11) is 0. The van der Waals surface area contributed by atoms with Gasteiger partial charge in [0.05, 0.1) is 13.7 Å². The van der Waals surface area contributed by atoms with Crippen molar-refractivity contribution in [3.8, 4) is 5.75 Å². The molecule has 1 aromatic carbocycles. The summed E-state index contributed by atoms with van der Waals surface area (Å²) in [6.07, 6.45) is 2.74. The van der Waals surface area contributed by atoms with Gasteiger partial charge in [-0.1, -0.05) is 6.92 Å². The van der Waals surface area contributed by atoms with Gasteiger partial charge in [0.2, 0.25) is 0 Å². The molecule has 122 valence electrons. The van der Waals surface area contributed by atoms with E-state index in [0.717, 1.165) is 17.1 Å². The van der Waals surface area contributed by atoms with E-state index in [2.05, 4.69) is 67.8 Å². The van der Waals surface area contributed by atoms with Gasteiger partial charge in [0.25, 0.3) is 0 Å². The fourth-order valence-corrected chi connectivity index (χ4v) is 5.42. The number of unbranched alkanes of at least 4 members (excludes halogenated alkanes) is 1. The largest absolute Gasteiger partial charge is 0.466 e. The van der Waals surface area contributed by atoms with Crippen LogP contribution in [-0.2, 0) is 14.3 Å². The molecule has 0 unspecified atom stereocenters. The van der Waals surface area contributed by atoms with E-state index in [1.54, 1.807) is 0 Å². The average molecular weight is 642 g/mol. The lowest BCUT2D eigenvalue weighted by Crippen LogP contribution is -2.10. The summed E-state index contributed by atoms with van der Waals surface area (Å²) in [6, 6.07) is 3.94. The lowest BCUT2D eigenvalue weighted by molar-refractivity contribution is -0.144. The minimum Gasteiger partial charge on any atom is -0.466 e. The van der Waals surface area contributed by atoms with E-state index in [4.69, 9.17) is 9.47 Å². The molecule has 0 radical (unpaired) electrons. The van der Waals surface area contributed by atoms with Crippen molar-refractivity contribution in [1.82, 2.24) is 0 Å². The topological polar surface area (TPSA) is 52.6 Å². The van der Waals surface area contributed by atoms with Crippen LogP contribution in [0.4, 0.5) is 0 Å². The number of hydrogen-bond acceptors (Lipinski definition) is 4. The predicted molar refractivity (Wildman–Crippen MR) is 110 cm³/mol. The number of halogens is 3. The van der Waals surface area contributed by atoms with E-state index in [0.29, 0.717) is 38.0 Å². The molecule has 0 heterocycles. The van der Waals surface area contributed by atoms with Crippen molar-refractivity contribution in [1.29, 1.82) is 0 Å². The highest BCUT2D eigenvalue weighted by Crippen LogP contribution is 2.29. The molecule has 0 fully saturated rings. The first-order valence-corrected chi connectivity index (χ1v) is 10.2. The van der Waals surface area contributed by atoms with E-state index < -0.39 is 0 Å². The van der Waals surface area contributed by atoms with Crippen molar-refractivity contribution >= 4 is 79.7 Å². The van der Waals surface area contributed by atoms with Crippen LogP contribution < -0.4 is 4.74 Å². The van der Waals surface area contributed by atoms with Crippen molar-refractivity contribution < 1.29 is 19.1 Å². The van der Waals surface area contributed by atoms with Gasteiger partial charge >= 0.3 is 11.9 Å². The average Bonchev–Trinajstić information content (AvgIpc) is 2.45. The Hall–Kier alpha value is 0.350. The van der Waals surface area contributed by atoms with Gasteiger partial charge in [0.1, 0.15) is 0 Å². The lowest BCUT2D eigenvalue weighted by atomic mass is 10.2. The molecule has 22 heavy (non-hydrogen) atoms. The highest BCUT2D eigenvalue weighted by molar-refractivity contribution is 14.1. The van der Waals surface area contributed by atoms with Crippen molar-refractivity contribution in [3.63, 3.8) is 0 Å². The zero-order chi connectivity index (χ0) is 16.5. The Morgan fingerprint density at radius 2 is 1.55 bits per heavy atom. The minimum atomic E-state index is -0.265. The standard InChI is InChI=1S/C15H17I3O4/c1-2-7-21-13(19)5-3-4-6-14(20)22-15-11(17)8-10(16)9-12(15)18/h8-9H,2-7H2,1H3. The van der Waals surface area contributed by atoms with Crippen LogP contribution in [0.5, 0.6) is 5.75 Å². The third-order valence-electron chi connectivity index (χ3n) is 2.66. The number of ether oxygens (including phenoxy) is 2. The van der Waals surface area contributed by atoms with Gasteiger partial charge in [-0.2, -0.15) is 0 Å². The number of carbonyl (C=O) groups excluding carboxylic acids is 2. The van der Waals surface area contributed by atoms with Gasteiger partial charge in [-0.3, -0.25) is 9.59 Å². The van der Waals surface area contributed by atoms with E-state index >= 15 is 0 Å². The molecular formula is C15H17I3O4. The smallest absolute Gasteiger partial charge is 0.311 e. The third-order valence-corrected chi connectivity index (χ3v) is 4.88. The summed E-state index contributed by atoms with van der Waals surface area (Å²) < 4.78 is 13.4. The Labute approximate surface area is 171 Å². The van der Waals surface area contributed by atoms with Crippen molar-refractivity contribution in [2.24, 2.45) is 0 Å². The Morgan fingerprint density at radius 3 is 2.09 bits per heavy atom. The summed E-state index contributed by atoms with van der Waals surface area (Å²) in [5.41, 5.74) is 0. The Kier molecular flexibility index (Phi) is 10.2. The fourth-order valence-electron chi connectivity index (χ4n) is 1.62. The Balaban J connectivity index is 2.34. The predicted octanol–water partition coefficient (Wildman–Crippen LogP) is 4.92. The first kappa shape index (κ1) is 20.4. The molecule has 0 saturated heterocycles.